The summed E-state index contributed by atoms with van der Waals surface area (Å²) in [5, 5.41) is 8.60. The Balaban J connectivity index is 1.95. The number of para-hydroxylation sites is 1. The van der Waals surface area contributed by atoms with E-state index in [4.69, 9.17) is 5.41 Å². The Bertz CT molecular complexity index is 721. The van der Waals surface area contributed by atoms with E-state index < -0.39 is 0 Å². The molecule has 0 atom stereocenters. The number of amidine groups is 1. The third-order valence-electron chi connectivity index (χ3n) is 3.57. The predicted molar refractivity (Wildman–Crippen MR) is 92.3 cm³/mol. The quantitative estimate of drug-likeness (QED) is 0.545. The van der Waals surface area contributed by atoms with Crippen molar-refractivity contribution in [2.24, 2.45) is 0 Å². The number of hydrogen-bond acceptors (Lipinski definition) is 1. The fourth-order valence-corrected chi connectivity index (χ4v) is 2.43. The maximum Gasteiger partial charge on any atom is 0.132 e. The van der Waals surface area contributed by atoms with Gasteiger partial charge in [0.1, 0.15) is 5.84 Å². The van der Waals surface area contributed by atoms with E-state index in [1.165, 1.54) is 5.56 Å². The normalized spacial score (nSPS) is 10.2. The van der Waals surface area contributed by atoms with Gasteiger partial charge in [-0.1, -0.05) is 78.9 Å². The van der Waals surface area contributed by atoms with E-state index >= 15 is 0 Å². The first kappa shape index (κ1) is 14.1. The van der Waals surface area contributed by atoms with Gasteiger partial charge in [0.15, 0.2) is 0 Å². The highest BCUT2D eigenvalue weighted by Crippen LogP contribution is 2.19. The van der Waals surface area contributed by atoms with Gasteiger partial charge >= 0.3 is 0 Å². The topological polar surface area (TPSA) is 27.1 Å². The first-order valence-corrected chi connectivity index (χ1v) is 7.35. The molecule has 2 nitrogen and oxygen atoms in total. The summed E-state index contributed by atoms with van der Waals surface area (Å²) in [6, 6.07) is 30.2. The minimum atomic E-state index is 0.510. The summed E-state index contributed by atoms with van der Waals surface area (Å²) in [7, 11) is 0. The molecule has 3 aromatic carbocycles. The van der Waals surface area contributed by atoms with E-state index in [9.17, 15) is 0 Å². The first-order valence-electron chi connectivity index (χ1n) is 7.35. The molecule has 0 aromatic heterocycles. The Morgan fingerprint density at radius 2 is 1.18 bits per heavy atom. The molecule has 0 bridgehead atoms. The average Bonchev–Trinajstić information content (AvgIpc) is 2.61. The molecule has 0 fully saturated rings. The minimum absolute atomic E-state index is 0.510. The summed E-state index contributed by atoms with van der Waals surface area (Å²) in [6.07, 6.45) is 0. The lowest BCUT2D eigenvalue weighted by Crippen LogP contribution is -2.30. The van der Waals surface area contributed by atoms with Crippen molar-refractivity contribution >= 4 is 11.5 Å². The van der Waals surface area contributed by atoms with Gasteiger partial charge in [0.05, 0.1) is 0 Å². The highest BCUT2D eigenvalue weighted by atomic mass is 15.2. The van der Waals surface area contributed by atoms with Gasteiger partial charge in [-0.25, -0.2) is 0 Å². The van der Waals surface area contributed by atoms with E-state index in [1.54, 1.807) is 0 Å². The summed E-state index contributed by atoms with van der Waals surface area (Å²) in [5.74, 6) is 0.510. The molecule has 0 spiro atoms. The number of benzene rings is 3. The lowest BCUT2D eigenvalue weighted by atomic mass is 10.1. The van der Waals surface area contributed by atoms with Gasteiger partial charge in [0, 0.05) is 17.8 Å². The van der Waals surface area contributed by atoms with Crippen molar-refractivity contribution in [1.29, 1.82) is 5.41 Å². The zero-order valence-corrected chi connectivity index (χ0v) is 12.3. The SMILES string of the molecule is N=C(c1ccccc1)N(Cc1ccccc1)c1ccccc1. The second kappa shape index (κ2) is 6.72. The number of hydrogen-bond donors (Lipinski definition) is 1. The lowest BCUT2D eigenvalue weighted by Gasteiger charge is -2.25. The van der Waals surface area contributed by atoms with Crippen LogP contribution in [0, 0.1) is 5.41 Å². The van der Waals surface area contributed by atoms with Crippen molar-refractivity contribution < 1.29 is 0 Å². The maximum atomic E-state index is 8.60. The van der Waals surface area contributed by atoms with Crippen LogP contribution in [0.3, 0.4) is 0 Å². The van der Waals surface area contributed by atoms with Crippen molar-refractivity contribution in [3.8, 4) is 0 Å². The summed E-state index contributed by atoms with van der Waals surface area (Å²) in [6.45, 7) is 0.679. The third-order valence-corrected chi connectivity index (χ3v) is 3.57. The highest BCUT2D eigenvalue weighted by molar-refractivity contribution is 6.07. The molecule has 3 aromatic rings. The van der Waals surface area contributed by atoms with E-state index in [0.717, 1.165) is 11.3 Å². The molecule has 3 rings (SSSR count). The van der Waals surface area contributed by atoms with Crippen molar-refractivity contribution in [3.63, 3.8) is 0 Å². The molecule has 0 heterocycles. The standard InChI is InChI=1S/C20H18N2/c21-20(18-12-6-2-7-13-18)22(19-14-8-3-9-15-19)16-17-10-4-1-5-11-17/h1-15,21H,16H2. The Morgan fingerprint density at radius 1 is 0.682 bits per heavy atom. The van der Waals surface area contributed by atoms with Crippen LogP contribution in [-0.2, 0) is 6.54 Å². The Kier molecular flexibility index (Phi) is 4.30. The molecule has 0 aliphatic carbocycles. The molecular formula is C20H18N2. The number of nitrogens with one attached hydrogen (secondary N) is 1. The molecule has 22 heavy (non-hydrogen) atoms. The van der Waals surface area contributed by atoms with Crippen molar-refractivity contribution in [2.45, 2.75) is 6.54 Å². The monoisotopic (exact) mass is 286 g/mol. The van der Waals surface area contributed by atoms with Crippen molar-refractivity contribution in [3.05, 3.63) is 102 Å². The molecule has 0 radical (unpaired) electrons. The van der Waals surface area contributed by atoms with Gasteiger partial charge in [0.25, 0.3) is 0 Å². The molecule has 0 aliphatic heterocycles. The average molecular weight is 286 g/mol. The summed E-state index contributed by atoms with van der Waals surface area (Å²) >= 11 is 0. The molecule has 108 valence electrons. The Hall–Kier alpha value is -2.87. The van der Waals surface area contributed by atoms with Crippen LogP contribution >= 0.6 is 0 Å². The fraction of sp³-hybridized carbons (Fsp3) is 0.0500. The smallest absolute Gasteiger partial charge is 0.132 e. The first-order chi connectivity index (χ1) is 10.8. The van der Waals surface area contributed by atoms with Crippen LogP contribution in [0.2, 0.25) is 0 Å². The van der Waals surface area contributed by atoms with Gasteiger partial charge in [-0.15, -0.1) is 0 Å². The van der Waals surface area contributed by atoms with Gasteiger partial charge < -0.3 is 4.90 Å². The molecule has 1 N–H and O–H groups in total. The number of rotatable bonds is 4. The minimum Gasteiger partial charge on any atom is -0.322 e. The zero-order valence-electron chi connectivity index (χ0n) is 12.3. The highest BCUT2D eigenvalue weighted by Gasteiger charge is 2.14. The van der Waals surface area contributed by atoms with E-state index in [0.29, 0.717) is 12.4 Å². The largest absolute Gasteiger partial charge is 0.322 e. The predicted octanol–water partition coefficient (Wildman–Crippen LogP) is 4.72. The molecule has 0 unspecified atom stereocenters. The second-order valence-electron chi connectivity index (χ2n) is 5.12. The van der Waals surface area contributed by atoms with Crippen LogP contribution in [-0.4, -0.2) is 5.84 Å². The van der Waals surface area contributed by atoms with Crippen LogP contribution in [0.15, 0.2) is 91.0 Å². The van der Waals surface area contributed by atoms with Crippen LogP contribution in [0.25, 0.3) is 0 Å². The summed E-state index contributed by atoms with van der Waals surface area (Å²) < 4.78 is 0. The number of anilines is 1. The summed E-state index contributed by atoms with van der Waals surface area (Å²) in [5.41, 5.74) is 3.13. The lowest BCUT2D eigenvalue weighted by molar-refractivity contribution is 0.996. The Morgan fingerprint density at radius 3 is 1.77 bits per heavy atom. The van der Waals surface area contributed by atoms with Gasteiger partial charge in [-0.05, 0) is 17.7 Å². The van der Waals surface area contributed by atoms with Crippen molar-refractivity contribution in [1.82, 2.24) is 0 Å². The molecule has 2 heteroatoms. The van der Waals surface area contributed by atoms with Crippen LogP contribution in [0.4, 0.5) is 5.69 Å². The fourth-order valence-electron chi connectivity index (χ4n) is 2.43. The van der Waals surface area contributed by atoms with E-state index in [2.05, 4.69) is 12.1 Å². The van der Waals surface area contributed by atoms with E-state index in [-0.39, 0.29) is 0 Å². The van der Waals surface area contributed by atoms with Gasteiger partial charge in [0.2, 0.25) is 0 Å². The van der Waals surface area contributed by atoms with Crippen LogP contribution in [0.1, 0.15) is 11.1 Å². The van der Waals surface area contributed by atoms with Crippen LogP contribution in [0.5, 0.6) is 0 Å². The third kappa shape index (κ3) is 3.23. The summed E-state index contributed by atoms with van der Waals surface area (Å²) in [4.78, 5) is 2.03. The number of nitrogens with zero attached hydrogens (tertiary/aromatic N) is 1. The van der Waals surface area contributed by atoms with Crippen molar-refractivity contribution in [2.75, 3.05) is 4.90 Å². The van der Waals surface area contributed by atoms with Gasteiger partial charge in [-0.2, -0.15) is 0 Å². The van der Waals surface area contributed by atoms with Gasteiger partial charge in [-0.3, -0.25) is 5.41 Å². The second-order valence-corrected chi connectivity index (χ2v) is 5.12. The zero-order chi connectivity index (χ0) is 15.2. The van der Waals surface area contributed by atoms with Crippen LogP contribution < -0.4 is 4.90 Å². The molecule has 0 aliphatic rings. The molecule has 0 amide bonds. The van der Waals surface area contributed by atoms with E-state index in [1.807, 2.05) is 83.8 Å². The maximum absolute atomic E-state index is 8.60. The molecule has 0 saturated heterocycles. The Labute approximate surface area is 131 Å². The molecule has 0 saturated carbocycles. The molecular weight excluding hydrogens is 268 g/mol.